The van der Waals surface area contributed by atoms with Gasteiger partial charge in [0.15, 0.2) is 5.11 Å². The highest BCUT2D eigenvalue weighted by Crippen LogP contribution is 2.26. The average Bonchev–Trinajstić information content (AvgIpc) is 2.65. The molecule has 0 spiro atoms. The number of methoxy groups -OCH3 is 1. The Labute approximate surface area is 172 Å². The molecule has 2 aromatic rings. The van der Waals surface area contributed by atoms with Gasteiger partial charge in [0.25, 0.3) is 5.91 Å². The van der Waals surface area contributed by atoms with Crippen molar-refractivity contribution in [3.63, 3.8) is 0 Å². The van der Waals surface area contributed by atoms with Crippen molar-refractivity contribution in [1.29, 1.82) is 0 Å². The van der Waals surface area contributed by atoms with Gasteiger partial charge in [-0.3, -0.25) is 10.1 Å². The third kappa shape index (κ3) is 6.50. The molecule has 0 bridgehead atoms. The number of halogens is 1. The molecule has 6 nitrogen and oxygen atoms in total. The summed E-state index contributed by atoms with van der Waals surface area (Å²) in [6.07, 6.45) is 0. The Bertz CT molecular complexity index is 801. The van der Waals surface area contributed by atoms with Crippen LogP contribution in [0.3, 0.4) is 0 Å². The molecule has 0 unspecified atom stereocenters. The number of carbonyl (C=O) groups is 1. The molecular weight excluding hydrogens is 432 g/mol. The molecule has 0 fully saturated rings. The number of nitrogens with one attached hydrogen (secondary N) is 2. The fraction of sp³-hybridized carbons (Fsp3) is 0.263. The Balaban J connectivity index is 1.98. The van der Waals surface area contributed by atoms with E-state index in [0.29, 0.717) is 47.0 Å². The number of carbonyl (C=O) groups excluding carboxylic acids is 1. The van der Waals surface area contributed by atoms with Gasteiger partial charge in [-0.2, -0.15) is 0 Å². The van der Waals surface area contributed by atoms with Gasteiger partial charge in [-0.25, -0.2) is 0 Å². The van der Waals surface area contributed by atoms with E-state index in [0.717, 1.165) is 0 Å². The van der Waals surface area contributed by atoms with Crippen molar-refractivity contribution < 1.29 is 19.0 Å². The van der Waals surface area contributed by atoms with Crippen LogP contribution >= 0.6 is 28.1 Å². The first kappa shape index (κ1) is 21.1. The van der Waals surface area contributed by atoms with Crippen LogP contribution in [0.4, 0.5) is 5.69 Å². The summed E-state index contributed by atoms with van der Waals surface area (Å²) in [5.74, 6) is 0.970. The van der Waals surface area contributed by atoms with Crippen LogP contribution in [0.1, 0.15) is 17.3 Å². The SMILES string of the molecule is CCOc1ccccc1NC(=S)NC(=O)c1ccc(OCCOC)c(Br)c1. The second kappa shape index (κ2) is 10.9. The molecule has 0 aliphatic heterocycles. The molecule has 2 N–H and O–H groups in total. The minimum absolute atomic E-state index is 0.184. The predicted molar refractivity (Wildman–Crippen MR) is 113 cm³/mol. The number of hydrogen-bond donors (Lipinski definition) is 2. The summed E-state index contributed by atoms with van der Waals surface area (Å²) in [5, 5.41) is 5.82. The first-order valence-corrected chi connectivity index (χ1v) is 9.50. The number of ether oxygens (including phenoxy) is 3. The molecular formula is C19H21BrN2O4S. The maximum atomic E-state index is 12.4. The molecule has 2 aromatic carbocycles. The summed E-state index contributed by atoms with van der Waals surface area (Å²) in [4.78, 5) is 12.4. The molecule has 27 heavy (non-hydrogen) atoms. The monoisotopic (exact) mass is 452 g/mol. The summed E-state index contributed by atoms with van der Waals surface area (Å²) in [6.45, 7) is 3.34. The van der Waals surface area contributed by atoms with E-state index in [1.807, 2.05) is 31.2 Å². The zero-order valence-electron chi connectivity index (χ0n) is 15.1. The number of para-hydroxylation sites is 2. The van der Waals surface area contributed by atoms with Crippen molar-refractivity contribution in [2.75, 3.05) is 32.2 Å². The van der Waals surface area contributed by atoms with Crippen molar-refractivity contribution in [2.24, 2.45) is 0 Å². The smallest absolute Gasteiger partial charge is 0.257 e. The Morgan fingerprint density at radius 1 is 1.11 bits per heavy atom. The lowest BCUT2D eigenvalue weighted by Crippen LogP contribution is -2.34. The minimum Gasteiger partial charge on any atom is -0.492 e. The van der Waals surface area contributed by atoms with E-state index >= 15 is 0 Å². The van der Waals surface area contributed by atoms with Crippen LogP contribution in [-0.4, -0.2) is 38.0 Å². The number of thiocarbonyl (C=S) groups is 1. The molecule has 8 heteroatoms. The van der Waals surface area contributed by atoms with Gasteiger partial charge < -0.3 is 19.5 Å². The van der Waals surface area contributed by atoms with Crippen LogP contribution in [-0.2, 0) is 4.74 Å². The molecule has 0 saturated heterocycles. The van der Waals surface area contributed by atoms with Gasteiger partial charge in [0.2, 0.25) is 0 Å². The molecule has 0 heterocycles. The van der Waals surface area contributed by atoms with Gasteiger partial charge in [-0.05, 0) is 65.4 Å². The van der Waals surface area contributed by atoms with Crippen molar-refractivity contribution in [2.45, 2.75) is 6.92 Å². The summed E-state index contributed by atoms with van der Waals surface area (Å²) >= 11 is 8.64. The maximum Gasteiger partial charge on any atom is 0.257 e. The number of benzene rings is 2. The number of rotatable bonds is 8. The Kier molecular flexibility index (Phi) is 8.50. The van der Waals surface area contributed by atoms with Gasteiger partial charge in [0.05, 0.1) is 23.4 Å². The number of amides is 1. The highest BCUT2D eigenvalue weighted by atomic mass is 79.9. The average molecular weight is 453 g/mol. The summed E-state index contributed by atoms with van der Waals surface area (Å²) in [6, 6.07) is 12.4. The number of anilines is 1. The normalized spacial score (nSPS) is 10.2. The second-order valence-electron chi connectivity index (χ2n) is 5.32. The quantitative estimate of drug-likeness (QED) is 0.465. The van der Waals surface area contributed by atoms with E-state index in [1.165, 1.54) is 0 Å². The van der Waals surface area contributed by atoms with Gasteiger partial charge in [0.1, 0.15) is 18.1 Å². The molecule has 0 aliphatic carbocycles. The van der Waals surface area contributed by atoms with Gasteiger partial charge >= 0.3 is 0 Å². The van der Waals surface area contributed by atoms with Crippen LogP contribution < -0.4 is 20.1 Å². The molecule has 0 aliphatic rings. The third-order valence-corrected chi connectivity index (χ3v) is 4.23. The lowest BCUT2D eigenvalue weighted by molar-refractivity contribution is 0.0977. The molecule has 0 radical (unpaired) electrons. The fourth-order valence-electron chi connectivity index (χ4n) is 2.17. The largest absolute Gasteiger partial charge is 0.492 e. The van der Waals surface area contributed by atoms with E-state index in [2.05, 4.69) is 26.6 Å². The van der Waals surface area contributed by atoms with Crippen LogP contribution in [0.2, 0.25) is 0 Å². The standard InChI is InChI=1S/C19H21BrN2O4S/c1-3-25-17-7-5-4-6-15(17)21-19(27)22-18(23)13-8-9-16(14(20)12-13)26-11-10-24-2/h4-9,12H,3,10-11H2,1-2H3,(H2,21,22,23,27). The van der Waals surface area contributed by atoms with Gasteiger partial charge in [-0.15, -0.1) is 0 Å². The first-order valence-electron chi connectivity index (χ1n) is 8.30. The zero-order valence-corrected chi connectivity index (χ0v) is 17.5. The zero-order chi connectivity index (χ0) is 19.6. The van der Waals surface area contributed by atoms with Crippen LogP contribution in [0.5, 0.6) is 11.5 Å². The molecule has 0 aromatic heterocycles. The van der Waals surface area contributed by atoms with E-state index in [4.69, 9.17) is 26.4 Å². The van der Waals surface area contributed by atoms with Crippen LogP contribution in [0, 0.1) is 0 Å². The van der Waals surface area contributed by atoms with Crippen molar-refractivity contribution >= 4 is 44.9 Å². The predicted octanol–water partition coefficient (Wildman–Crippen LogP) is 4.00. The van der Waals surface area contributed by atoms with E-state index in [-0.39, 0.29) is 11.0 Å². The van der Waals surface area contributed by atoms with Crippen molar-refractivity contribution in [3.8, 4) is 11.5 Å². The summed E-state index contributed by atoms with van der Waals surface area (Å²) in [7, 11) is 1.61. The maximum absolute atomic E-state index is 12.4. The first-order chi connectivity index (χ1) is 13.0. The van der Waals surface area contributed by atoms with Gasteiger partial charge in [-0.1, -0.05) is 12.1 Å². The molecule has 144 valence electrons. The fourth-order valence-corrected chi connectivity index (χ4v) is 2.87. The highest BCUT2D eigenvalue weighted by Gasteiger charge is 2.12. The third-order valence-electron chi connectivity index (χ3n) is 3.40. The molecule has 2 rings (SSSR count). The summed E-state index contributed by atoms with van der Waals surface area (Å²) < 4.78 is 16.7. The van der Waals surface area contributed by atoms with Gasteiger partial charge in [0, 0.05) is 12.7 Å². The lowest BCUT2D eigenvalue weighted by atomic mass is 10.2. The molecule has 0 saturated carbocycles. The van der Waals surface area contributed by atoms with Crippen LogP contribution in [0.15, 0.2) is 46.9 Å². The molecule has 1 amide bonds. The topological polar surface area (TPSA) is 68.8 Å². The highest BCUT2D eigenvalue weighted by molar-refractivity contribution is 9.10. The lowest BCUT2D eigenvalue weighted by Gasteiger charge is -2.14. The summed E-state index contributed by atoms with van der Waals surface area (Å²) in [5.41, 5.74) is 1.14. The van der Waals surface area contributed by atoms with Crippen molar-refractivity contribution in [3.05, 3.63) is 52.5 Å². The van der Waals surface area contributed by atoms with Crippen molar-refractivity contribution in [1.82, 2.24) is 5.32 Å². The Hall–Kier alpha value is -2.16. The van der Waals surface area contributed by atoms with Crippen LogP contribution in [0.25, 0.3) is 0 Å². The van der Waals surface area contributed by atoms with E-state index in [9.17, 15) is 4.79 Å². The second-order valence-corrected chi connectivity index (χ2v) is 6.59. The minimum atomic E-state index is -0.328. The Morgan fingerprint density at radius 2 is 1.89 bits per heavy atom. The molecule has 0 atom stereocenters. The number of hydrogen-bond acceptors (Lipinski definition) is 5. The van der Waals surface area contributed by atoms with E-state index in [1.54, 1.807) is 25.3 Å². The Morgan fingerprint density at radius 3 is 2.59 bits per heavy atom. The van der Waals surface area contributed by atoms with E-state index < -0.39 is 0 Å².